The molecule has 0 saturated carbocycles. The van der Waals surface area contributed by atoms with Crippen LogP contribution in [0.4, 0.5) is 0 Å². The maximum atomic E-state index is 8.54. The fourth-order valence-corrected chi connectivity index (χ4v) is 1.86. The first-order valence-corrected chi connectivity index (χ1v) is 5.80. The zero-order valence-corrected chi connectivity index (χ0v) is 10.5. The van der Waals surface area contributed by atoms with Crippen LogP contribution in [0.25, 0.3) is 11.3 Å². The zero-order chi connectivity index (χ0) is 13.0. The van der Waals surface area contributed by atoms with Gasteiger partial charge in [0, 0.05) is 18.4 Å². The van der Waals surface area contributed by atoms with Crippen molar-refractivity contribution in [3.8, 4) is 23.1 Å². The molecule has 2 aromatic rings. The maximum absolute atomic E-state index is 8.54. The van der Waals surface area contributed by atoms with Gasteiger partial charge in [-0.3, -0.25) is 0 Å². The van der Waals surface area contributed by atoms with Crippen molar-refractivity contribution >= 4 is 0 Å². The van der Waals surface area contributed by atoms with Gasteiger partial charge in [-0.25, -0.2) is 4.98 Å². The predicted molar refractivity (Wildman–Crippen MR) is 69.2 cm³/mol. The van der Waals surface area contributed by atoms with E-state index in [1.807, 2.05) is 19.1 Å². The second kappa shape index (κ2) is 5.37. The summed E-state index contributed by atoms with van der Waals surface area (Å²) >= 11 is 0. The van der Waals surface area contributed by atoms with Crippen LogP contribution in [0.5, 0.6) is 5.75 Å². The van der Waals surface area contributed by atoms with Crippen molar-refractivity contribution in [1.29, 1.82) is 5.26 Å². The molecule has 1 heterocycles. The van der Waals surface area contributed by atoms with Gasteiger partial charge in [0.05, 0.1) is 25.1 Å². The smallest absolute Gasteiger partial charge is 0.121 e. The minimum Gasteiger partial charge on any atom is -0.496 e. The lowest BCUT2D eigenvalue weighted by Crippen LogP contribution is -1.89. The summed E-state index contributed by atoms with van der Waals surface area (Å²) in [5.41, 5.74) is 3.13. The molecule has 2 rings (SSSR count). The summed E-state index contributed by atoms with van der Waals surface area (Å²) in [6.07, 6.45) is 2.94. The van der Waals surface area contributed by atoms with E-state index in [1.165, 1.54) is 0 Å². The van der Waals surface area contributed by atoms with Crippen LogP contribution in [0.1, 0.15) is 17.8 Å². The van der Waals surface area contributed by atoms with Crippen LogP contribution in [0.15, 0.2) is 24.4 Å². The topological polar surface area (TPSA) is 61.7 Å². The normalized spacial score (nSPS) is 10.1. The maximum Gasteiger partial charge on any atom is 0.121 e. The van der Waals surface area contributed by atoms with Crippen LogP contribution in [0.2, 0.25) is 0 Å². The van der Waals surface area contributed by atoms with Gasteiger partial charge in [-0.2, -0.15) is 5.26 Å². The van der Waals surface area contributed by atoms with E-state index in [-0.39, 0.29) is 0 Å². The SMILES string of the molecule is COc1ccc(-c2cnc(CCC#N)[nH]2)cc1C. The number of benzene rings is 1. The molecule has 0 fully saturated rings. The Kier molecular flexibility index (Phi) is 3.63. The largest absolute Gasteiger partial charge is 0.496 e. The number of hydrogen-bond donors (Lipinski definition) is 1. The number of aromatic nitrogens is 2. The highest BCUT2D eigenvalue weighted by Crippen LogP contribution is 2.24. The molecule has 0 aliphatic heterocycles. The Morgan fingerprint density at radius 1 is 1.44 bits per heavy atom. The molecule has 1 aromatic carbocycles. The van der Waals surface area contributed by atoms with E-state index >= 15 is 0 Å². The third kappa shape index (κ3) is 2.51. The Labute approximate surface area is 106 Å². The number of nitrogens with one attached hydrogen (secondary N) is 1. The first-order valence-electron chi connectivity index (χ1n) is 5.80. The molecule has 4 nitrogen and oxygen atoms in total. The van der Waals surface area contributed by atoms with Gasteiger partial charge in [-0.05, 0) is 30.7 Å². The molecule has 0 aliphatic carbocycles. The Hall–Kier alpha value is -2.28. The van der Waals surface area contributed by atoms with Gasteiger partial charge < -0.3 is 9.72 Å². The Morgan fingerprint density at radius 2 is 2.28 bits per heavy atom. The van der Waals surface area contributed by atoms with Crippen LogP contribution in [0.3, 0.4) is 0 Å². The fourth-order valence-electron chi connectivity index (χ4n) is 1.86. The first-order chi connectivity index (χ1) is 8.74. The quantitative estimate of drug-likeness (QED) is 0.895. The number of nitriles is 1. The van der Waals surface area contributed by atoms with Gasteiger partial charge in [0.2, 0.25) is 0 Å². The average molecular weight is 241 g/mol. The van der Waals surface area contributed by atoms with E-state index in [2.05, 4.69) is 22.1 Å². The highest BCUT2D eigenvalue weighted by Gasteiger charge is 2.05. The molecule has 0 saturated heterocycles. The molecule has 1 aromatic heterocycles. The van der Waals surface area contributed by atoms with Crippen molar-refractivity contribution < 1.29 is 4.74 Å². The van der Waals surface area contributed by atoms with Crippen LogP contribution >= 0.6 is 0 Å². The van der Waals surface area contributed by atoms with Crippen molar-refractivity contribution in [2.24, 2.45) is 0 Å². The molecule has 92 valence electrons. The van der Waals surface area contributed by atoms with Crippen molar-refractivity contribution in [3.05, 3.63) is 35.8 Å². The summed E-state index contributed by atoms with van der Waals surface area (Å²) < 4.78 is 5.23. The molecule has 0 aliphatic rings. The van der Waals surface area contributed by atoms with E-state index in [9.17, 15) is 0 Å². The second-order valence-electron chi connectivity index (χ2n) is 4.09. The molecular weight excluding hydrogens is 226 g/mol. The number of rotatable bonds is 4. The summed E-state index contributed by atoms with van der Waals surface area (Å²) in [6.45, 7) is 2.01. The molecule has 0 bridgehead atoms. The number of H-pyrrole nitrogens is 1. The number of methoxy groups -OCH3 is 1. The van der Waals surface area contributed by atoms with Gasteiger partial charge in [0.15, 0.2) is 0 Å². The standard InChI is InChI=1S/C14H15N3O/c1-10-8-11(5-6-13(10)18-2)12-9-16-14(17-12)4-3-7-15/h5-6,8-9H,3-4H2,1-2H3,(H,16,17). The van der Waals surface area contributed by atoms with Gasteiger partial charge in [-0.15, -0.1) is 0 Å². The number of nitrogens with zero attached hydrogens (tertiary/aromatic N) is 2. The summed E-state index contributed by atoms with van der Waals surface area (Å²) in [5.74, 6) is 1.72. The summed E-state index contributed by atoms with van der Waals surface area (Å²) in [4.78, 5) is 7.49. The second-order valence-corrected chi connectivity index (χ2v) is 4.09. The van der Waals surface area contributed by atoms with Gasteiger partial charge in [0.25, 0.3) is 0 Å². The highest BCUT2D eigenvalue weighted by molar-refractivity contribution is 5.61. The third-order valence-corrected chi connectivity index (χ3v) is 2.81. The zero-order valence-electron chi connectivity index (χ0n) is 10.5. The highest BCUT2D eigenvalue weighted by atomic mass is 16.5. The lowest BCUT2D eigenvalue weighted by atomic mass is 10.1. The Morgan fingerprint density at radius 3 is 2.94 bits per heavy atom. The van der Waals surface area contributed by atoms with Gasteiger partial charge in [0.1, 0.15) is 11.6 Å². The van der Waals surface area contributed by atoms with Crippen molar-refractivity contribution in [2.45, 2.75) is 19.8 Å². The number of hydrogen-bond acceptors (Lipinski definition) is 3. The van der Waals surface area contributed by atoms with E-state index < -0.39 is 0 Å². The first kappa shape index (κ1) is 12.2. The van der Waals surface area contributed by atoms with E-state index in [4.69, 9.17) is 10.00 Å². The Balaban J connectivity index is 2.23. The predicted octanol–water partition coefficient (Wildman–Crippen LogP) is 2.85. The summed E-state index contributed by atoms with van der Waals surface area (Å²) in [6, 6.07) is 8.11. The van der Waals surface area contributed by atoms with E-state index in [0.717, 1.165) is 28.4 Å². The van der Waals surface area contributed by atoms with Crippen LogP contribution < -0.4 is 4.74 Å². The minimum absolute atomic E-state index is 0.481. The monoisotopic (exact) mass is 241 g/mol. The van der Waals surface area contributed by atoms with Gasteiger partial charge >= 0.3 is 0 Å². The summed E-state index contributed by atoms with van der Waals surface area (Å²) in [7, 11) is 1.66. The lowest BCUT2D eigenvalue weighted by molar-refractivity contribution is 0.412. The van der Waals surface area contributed by atoms with Crippen LogP contribution in [-0.4, -0.2) is 17.1 Å². The molecule has 18 heavy (non-hydrogen) atoms. The molecular formula is C14H15N3O. The Bertz CT molecular complexity index is 581. The molecule has 0 amide bonds. The fraction of sp³-hybridized carbons (Fsp3) is 0.286. The van der Waals surface area contributed by atoms with E-state index in [1.54, 1.807) is 13.3 Å². The number of aromatic amines is 1. The van der Waals surface area contributed by atoms with Crippen molar-refractivity contribution in [1.82, 2.24) is 9.97 Å². The summed E-state index contributed by atoms with van der Waals surface area (Å²) in [5, 5.41) is 8.54. The van der Waals surface area contributed by atoms with Crippen molar-refractivity contribution in [2.75, 3.05) is 7.11 Å². The molecule has 0 radical (unpaired) electrons. The number of aryl methyl sites for hydroxylation is 2. The molecule has 4 heteroatoms. The van der Waals surface area contributed by atoms with E-state index in [0.29, 0.717) is 12.8 Å². The minimum atomic E-state index is 0.481. The van der Waals surface area contributed by atoms with Crippen LogP contribution in [0, 0.1) is 18.3 Å². The molecule has 0 unspecified atom stereocenters. The average Bonchev–Trinajstić information content (AvgIpc) is 2.85. The third-order valence-electron chi connectivity index (χ3n) is 2.81. The van der Waals surface area contributed by atoms with Crippen LogP contribution in [-0.2, 0) is 6.42 Å². The number of ether oxygens (including phenoxy) is 1. The lowest BCUT2D eigenvalue weighted by Gasteiger charge is -2.05. The molecule has 0 atom stereocenters. The number of imidazole rings is 1. The molecule has 1 N–H and O–H groups in total. The molecule has 0 spiro atoms. The van der Waals surface area contributed by atoms with Gasteiger partial charge in [-0.1, -0.05) is 0 Å². The van der Waals surface area contributed by atoms with Crippen molar-refractivity contribution in [3.63, 3.8) is 0 Å².